The van der Waals surface area contributed by atoms with E-state index in [1.807, 2.05) is 53.1 Å². The van der Waals surface area contributed by atoms with E-state index in [0.29, 0.717) is 48.3 Å². The highest BCUT2D eigenvalue weighted by atomic mass is 35.5. The van der Waals surface area contributed by atoms with Gasteiger partial charge in [-0.25, -0.2) is 9.48 Å². The molecule has 2 aliphatic heterocycles. The first-order valence-electron chi connectivity index (χ1n) is 19.9. The average Bonchev–Trinajstić information content (AvgIpc) is 3.83. The van der Waals surface area contributed by atoms with Gasteiger partial charge in [0, 0.05) is 37.2 Å². The molecule has 2 saturated heterocycles. The number of ether oxygens (including phenoxy) is 4. The van der Waals surface area contributed by atoms with Gasteiger partial charge in [-0.3, -0.25) is 9.72 Å². The summed E-state index contributed by atoms with van der Waals surface area (Å²) in [7, 11) is 0. The molecule has 1 aliphatic carbocycles. The Labute approximate surface area is 332 Å². The lowest BCUT2D eigenvalue weighted by Crippen LogP contribution is -2.36. The third kappa shape index (κ3) is 8.59. The Balaban J connectivity index is 0.959. The number of anilines is 2. The SMILES string of the molecule is CC(C)(C)c1cc(NC(=O)NC2CC[C@@H](Oc3ccc4nnc(N5CCCCC5)n4c3)c3ccccc32)n(-c2cc(OCCOC3CCCCO3)ccc2Cl)n1. The van der Waals surface area contributed by atoms with Crippen LogP contribution in [-0.4, -0.2) is 69.6 Å². The molecule has 14 heteroatoms. The summed E-state index contributed by atoms with van der Waals surface area (Å²) in [4.78, 5) is 16.1. The van der Waals surface area contributed by atoms with Crippen molar-refractivity contribution in [3.05, 3.63) is 88.7 Å². The van der Waals surface area contributed by atoms with Crippen molar-refractivity contribution in [1.82, 2.24) is 29.7 Å². The lowest BCUT2D eigenvalue weighted by atomic mass is 9.85. The van der Waals surface area contributed by atoms with Crippen LogP contribution in [0.4, 0.5) is 16.6 Å². The number of nitrogens with one attached hydrogen (secondary N) is 2. The Morgan fingerprint density at radius 2 is 1.73 bits per heavy atom. The van der Waals surface area contributed by atoms with Crippen LogP contribution in [-0.2, 0) is 14.9 Å². The number of urea groups is 1. The smallest absolute Gasteiger partial charge is 0.320 e. The molecule has 3 aromatic heterocycles. The minimum atomic E-state index is -0.348. The highest BCUT2D eigenvalue weighted by Gasteiger charge is 2.31. The largest absolute Gasteiger partial charge is 0.491 e. The summed E-state index contributed by atoms with van der Waals surface area (Å²) in [5.41, 5.74) is 3.96. The third-order valence-electron chi connectivity index (χ3n) is 10.7. The molecule has 3 aliphatic rings. The van der Waals surface area contributed by atoms with Crippen molar-refractivity contribution in [2.45, 2.75) is 96.0 Å². The quantitative estimate of drug-likeness (QED) is 0.127. The summed E-state index contributed by atoms with van der Waals surface area (Å²) >= 11 is 6.77. The molecule has 3 atom stereocenters. The van der Waals surface area contributed by atoms with Crippen molar-refractivity contribution in [1.29, 1.82) is 0 Å². The Morgan fingerprint density at radius 3 is 2.54 bits per heavy atom. The number of rotatable bonds is 11. The number of piperidine rings is 1. The number of fused-ring (bicyclic) bond motifs is 2. The molecule has 2 amide bonds. The molecule has 2 aromatic carbocycles. The lowest BCUT2D eigenvalue weighted by molar-refractivity contribution is -0.165. The minimum absolute atomic E-state index is 0.177. The summed E-state index contributed by atoms with van der Waals surface area (Å²) in [6, 6.07) is 18.8. The van der Waals surface area contributed by atoms with E-state index in [1.165, 1.54) is 6.42 Å². The molecule has 0 spiro atoms. The van der Waals surface area contributed by atoms with E-state index in [0.717, 1.165) is 86.0 Å². The molecule has 8 rings (SSSR count). The van der Waals surface area contributed by atoms with Crippen LogP contribution in [0.5, 0.6) is 11.5 Å². The molecule has 5 heterocycles. The Morgan fingerprint density at radius 1 is 0.911 bits per heavy atom. The van der Waals surface area contributed by atoms with E-state index in [4.69, 9.17) is 35.6 Å². The van der Waals surface area contributed by atoms with Crippen LogP contribution in [0.25, 0.3) is 11.3 Å². The highest BCUT2D eigenvalue weighted by molar-refractivity contribution is 6.32. The van der Waals surface area contributed by atoms with Gasteiger partial charge < -0.3 is 29.2 Å². The monoisotopic (exact) mass is 782 g/mol. The van der Waals surface area contributed by atoms with E-state index in [-0.39, 0.29) is 29.9 Å². The maximum absolute atomic E-state index is 13.8. The maximum atomic E-state index is 13.8. The number of carbonyl (C=O) groups excluding carboxylic acids is 1. The van der Waals surface area contributed by atoms with E-state index < -0.39 is 0 Å². The first kappa shape index (κ1) is 38.0. The van der Waals surface area contributed by atoms with Crippen molar-refractivity contribution in [3.63, 3.8) is 0 Å². The number of amides is 2. The minimum Gasteiger partial charge on any atom is -0.491 e. The Bertz CT molecular complexity index is 2130. The second-order valence-corrected chi connectivity index (χ2v) is 16.2. The van der Waals surface area contributed by atoms with E-state index in [2.05, 4.69) is 58.6 Å². The fourth-order valence-corrected chi connectivity index (χ4v) is 7.88. The fraction of sp³-hybridized carbons (Fsp3) is 0.476. The standard InChI is InChI=1S/C42H51ClN8O5/c1-42(2,3)36-26-38(51(48-36)34-25-28(14-16-32(34)43)53-23-24-55-39-13-7-10-22-54-39)45-40(52)44-33-17-18-35(31-12-6-5-11-30(31)33)56-29-15-19-37-46-47-41(50(37)27-29)49-20-8-4-9-21-49/h5-6,11-12,14-16,19,25-27,33,35,39H,4,7-10,13,17-18,20-24H2,1-3H3,(H2,44,45,52)/t33?,35-,39?/m1/s1. The number of aromatic nitrogens is 5. The highest BCUT2D eigenvalue weighted by Crippen LogP contribution is 2.39. The molecule has 13 nitrogen and oxygen atoms in total. The van der Waals surface area contributed by atoms with Crippen LogP contribution >= 0.6 is 11.6 Å². The van der Waals surface area contributed by atoms with Crippen LogP contribution < -0.4 is 25.0 Å². The van der Waals surface area contributed by atoms with Gasteiger partial charge in [0.2, 0.25) is 5.95 Å². The number of benzene rings is 2. The molecule has 5 aromatic rings. The fourth-order valence-electron chi connectivity index (χ4n) is 7.68. The van der Waals surface area contributed by atoms with Gasteiger partial charge in [-0.2, -0.15) is 5.10 Å². The lowest BCUT2D eigenvalue weighted by Gasteiger charge is -2.32. The molecule has 2 N–H and O–H groups in total. The van der Waals surface area contributed by atoms with Crippen LogP contribution in [0.2, 0.25) is 5.02 Å². The second kappa shape index (κ2) is 16.7. The average molecular weight is 783 g/mol. The van der Waals surface area contributed by atoms with Gasteiger partial charge in [-0.1, -0.05) is 56.6 Å². The first-order valence-corrected chi connectivity index (χ1v) is 20.3. The van der Waals surface area contributed by atoms with Crippen molar-refractivity contribution in [2.24, 2.45) is 0 Å². The molecule has 2 unspecified atom stereocenters. The van der Waals surface area contributed by atoms with Crippen molar-refractivity contribution >= 4 is 35.0 Å². The van der Waals surface area contributed by atoms with E-state index in [1.54, 1.807) is 10.7 Å². The van der Waals surface area contributed by atoms with Gasteiger partial charge in [0.05, 0.1) is 35.2 Å². The Kier molecular flexibility index (Phi) is 11.4. The normalized spacial score (nSPS) is 20.1. The zero-order valence-corrected chi connectivity index (χ0v) is 33.1. The summed E-state index contributed by atoms with van der Waals surface area (Å²) in [6.45, 7) is 9.68. The van der Waals surface area contributed by atoms with Gasteiger partial charge in [-0.15, -0.1) is 10.2 Å². The predicted octanol–water partition coefficient (Wildman–Crippen LogP) is 8.55. The van der Waals surface area contributed by atoms with Gasteiger partial charge >= 0.3 is 6.03 Å². The number of hydrogen-bond acceptors (Lipinski definition) is 9. The number of halogens is 1. The number of hydrogen-bond donors (Lipinski definition) is 2. The van der Waals surface area contributed by atoms with Crippen molar-refractivity contribution in [2.75, 3.05) is 43.1 Å². The molecule has 2 fully saturated rings. The van der Waals surface area contributed by atoms with Gasteiger partial charge in [0.25, 0.3) is 0 Å². The van der Waals surface area contributed by atoms with E-state index >= 15 is 0 Å². The molecule has 296 valence electrons. The molecule has 0 saturated carbocycles. The first-order chi connectivity index (χ1) is 27.2. The second-order valence-electron chi connectivity index (χ2n) is 15.8. The topological polar surface area (TPSA) is 129 Å². The van der Waals surface area contributed by atoms with Crippen LogP contribution in [0.3, 0.4) is 0 Å². The summed E-state index contributed by atoms with van der Waals surface area (Å²) in [6.07, 6.45) is 9.67. The summed E-state index contributed by atoms with van der Waals surface area (Å²) in [5, 5.41) is 20.6. The number of pyridine rings is 1. The number of nitrogens with zero attached hydrogens (tertiary/aromatic N) is 6. The van der Waals surface area contributed by atoms with E-state index in [9.17, 15) is 4.79 Å². The van der Waals surface area contributed by atoms with Crippen LogP contribution in [0.1, 0.15) is 101 Å². The molecule has 56 heavy (non-hydrogen) atoms. The summed E-state index contributed by atoms with van der Waals surface area (Å²) < 4.78 is 27.9. The van der Waals surface area contributed by atoms with Crippen molar-refractivity contribution < 1.29 is 23.7 Å². The molecule has 0 radical (unpaired) electrons. The van der Waals surface area contributed by atoms with Gasteiger partial charge in [-0.05, 0) is 86.8 Å². The third-order valence-corrected chi connectivity index (χ3v) is 11.0. The maximum Gasteiger partial charge on any atom is 0.320 e. The van der Waals surface area contributed by atoms with Crippen molar-refractivity contribution in [3.8, 4) is 17.2 Å². The van der Waals surface area contributed by atoms with Crippen LogP contribution in [0, 0.1) is 0 Å². The molecular weight excluding hydrogens is 732 g/mol. The number of carbonyl (C=O) groups is 1. The Hall–Kier alpha value is -4.85. The zero-order chi connectivity index (χ0) is 38.6. The van der Waals surface area contributed by atoms with Gasteiger partial charge in [0.15, 0.2) is 11.9 Å². The molecule has 0 bridgehead atoms. The molecular formula is C42H51ClN8O5. The summed E-state index contributed by atoms with van der Waals surface area (Å²) in [5.74, 6) is 2.70. The van der Waals surface area contributed by atoms with Crippen LogP contribution in [0.15, 0.2) is 66.9 Å². The predicted molar refractivity (Wildman–Crippen MR) is 215 cm³/mol. The van der Waals surface area contributed by atoms with Gasteiger partial charge in [0.1, 0.15) is 30.0 Å². The zero-order valence-electron chi connectivity index (χ0n) is 32.4.